The molecule has 20 heavy (non-hydrogen) atoms. The monoisotopic (exact) mass is 445 g/mol. The first-order valence-corrected chi connectivity index (χ1v) is 7.80. The van der Waals surface area contributed by atoms with Gasteiger partial charge in [0.2, 0.25) is 0 Å². The molecule has 0 bridgehead atoms. The SMILES string of the molecule is COc1cc(Br)cc(C)c1NC(=O)c1ccccc1I. The van der Waals surface area contributed by atoms with Gasteiger partial charge in [-0.2, -0.15) is 0 Å². The number of methoxy groups -OCH3 is 1. The number of carbonyl (C=O) groups excluding carboxylic acids is 1. The number of benzene rings is 2. The summed E-state index contributed by atoms with van der Waals surface area (Å²) in [5.74, 6) is 0.495. The van der Waals surface area contributed by atoms with Crippen LogP contribution >= 0.6 is 38.5 Å². The number of nitrogens with one attached hydrogen (secondary N) is 1. The van der Waals surface area contributed by atoms with Crippen LogP contribution < -0.4 is 10.1 Å². The van der Waals surface area contributed by atoms with Gasteiger partial charge < -0.3 is 10.1 Å². The molecule has 0 saturated carbocycles. The molecule has 0 heterocycles. The maximum Gasteiger partial charge on any atom is 0.256 e. The summed E-state index contributed by atoms with van der Waals surface area (Å²) in [5.41, 5.74) is 2.29. The van der Waals surface area contributed by atoms with E-state index in [1.807, 2.05) is 37.3 Å². The lowest BCUT2D eigenvalue weighted by Crippen LogP contribution is -2.15. The summed E-state index contributed by atoms with van der Waals surface area (Å²) in [5, 5.41) is 2.92. The fourth-order valence-corrected chi connectivity index (χ4v) is 3.04. The molecule has 2 aromatic carbocycles. The highest BCUT2D eigenvalue weighted by atomic mass is 127. The van der Waals surface area contributed by atoms with E-state index in [1.165, 1.54) is 0 Å². The van der Waals surface area contributed by atoms with Crippen LogP contribution in [-0.4, -0.2) is 13.0 Å². The van der Waals surface area contributed by atoms with Gasteiger partial charge in [-0.15, -0.1) is 0 Å². The van der Waals surface area contributed by atoms with Crippen molar-refractivity contribution in [3.63, 3.8) is 0 Å². The minimum Gasteiger partial charge on any atom is -0.495 e. The molecule has 2 aromatic rings. The van der Waals surface area contributed by atoms with Crippen molar-refractivity contribution in [3.8, 4) is 5.75 Å². The Morgan fingerprint density at radius 1 is 1.30 bits per heavy atom. The summed E-state index contributed by atoms with van der Waals surface area (Å²) in [6.07, 6.45) is 0. The first kappa shape index (κ1) is 15.3. The van der Waals surface area contributed by atoms with E-state index in [-0.39, 0.29) is 5.91 Å². The number of halogens is 2. The van der Waals surface area contributed by atoms with Crippen LogP contribution in [0.3, 0.4) is 0 Å². The quantitative estimate of drug-likeness (QED) is 0.700. The lowest BCUT2D eigenvalue weighted by Gasteiger charge is -2.14. The number of hydrogen-bond donors (Lipinski definition) is 1. The van der Waals surface area contributed by atoms with Gasteiger partial charge in [-0.3, -0.25) is 4.79 Å². The number of anilines is 1. The number of hydrogen-bond acceptors (Lipinski definition) is 2. The van der Waals surface area contributed by atoms with E-state index < -0.39 is 0 Å². The Bertz CT molecular complexity index is 658. The van der Waals surface area contributed by atoms with Gasteiger partial charge in [-0.05, 0) is 59.3 Å². The van der Waals surface area contributed by atoms with E-state index in [0.717, 1.165) is 13.6 Å². The molecule has 0 aliphatic heterocycles. The van der Waals surface area contributed by atoms with Gasteiger partial charge in [0, 0.05) is 8.04 Å². The fraction of sp³-hybridized carbons (Fsp3) is 0.133. The van der Waals surface area contributed by atoms with Crippen molar-refractivity contribution in [1.29, 1.82) is 0 Å². The number of ether oxygens (including phenoxy) is 1. The second-order valence-electron chi connectivity index (χ2n) is 4.23. The summed E-state index contributed by atoms with van der Waals surface area (Å²) in [6, 6.07) is 11.2. The van der Waals surface area contributed by atoms with Crippen molar-refractivity contribution in [1.82, 2.24) is 0 Å². The summed E-state index contributed by atoms with van der Waals surface area (Å²) in [6.45, 7) is 1.93. The van der Waals surface area contributed by atoms with Crippen LogP contribution in [0.2, 0.25) is 0 Å². The maximum absolute atomic E-state index is 12.4. The van der Waals surface area contributed by atoms with Crippen LogP contribution in [0.25, 0.3) is 0 Å². The molecule has 3 nitrogen and oxygen atoms in total. The van der Waals surface area contributed by atoms with Crippen LogP contribution in [0.1, 0.15) is 15.9 Å². The first-order valence-electron chi connectivity index (χ1n) is 5.93. The van der Waals surface area contributed by atoms with Crippen molar-refractivity contribution < 1.29 is 9.53 Å². The number of aryl methyl sites for hydroxylation is 1. The van der Waals surface area contributed by atoms with Crippen LogP contribution in [0.4, 0.5) is 5.69 Å². The molecule has 5 heteroatoms. The van der Waals surface area contributed by atoms with Crippen molar-refractivity contribution >= 4 is 50.1 Å². The summed E-state index contributed by atoms with van der Waals surface area (Å²) in [7, 11) is 1.59. The zero-order valence-electron chi connectivity index (χ0n) is 11.0. The lowest BCUT2D eigenvalue weighted by molar-refractivity contribution is 0.102. The van der Waals surface area contributed by atoms with Gasteiger partial charge in [0.05, 0.1) is 18.4 Å². The van der Waals surface area contributed by atoms with Crippen molar-refractivity contribution in [2.75, 3.05) is 12.4 Å². The van der Waals surface area contributed by atoms with E-state index in [9.17, 15) is 4.79 Å². The van der Waals surface area contributed by atoms with Gasteiger partial charge in [-0.1, -0.05) is 28.1 Å². The zero-order chi connectivity index (χ0) is 14.7. The minimum atomic E-state index is -0.140. The molecule has 1 amide bonds. The highest BCUT2D eigenvalue weighted by molar-refractivity contribution is 14.1. The smallest absolute Gasteiger partial charge is 0.256 e. The standard InChI is InChI=1S/C15H13BrINO2/c1-9-7-10(16)8-13(20-2)14(9)18-15(19)11-5-3-4-6-12(11)17/h3-8H,1-2H3,(H,18,19). The van der Waals surface area contributed by atoms with Crippen LogP contribution in [0, 0.1) is 10.5 Å². The molecule has 0 aliphatic carbocycles. The van der Waals surface area contributed by atoms with Crippen molar-refractivity contribution in [2.24, 2.45) is 0 Å². The second kappa shape index (κ2) is 6.58. The Morgan fingerprint density at radius 2 is 2.00 bits per heavy atom. The molecule has 1 N–H and O–H groups in total. The molecule has 0 unspecified atom stereocenters. The van der Waals surface area contributed by atoms with Gasteiger partial charge in [0.25, 0.3) is 5.91 Å². The topological polar surface area (TPSA) is 38.3 Å². The molecular formula is C15H13BrINO2. The number of amides is 1. The van der Waals surface area contributed by atoms with Crippen molar-refractivity contribution in [2.45, 2.75) is 6.92 Å². The second-order valence-corrected chi connectivity index (χ2v) is 6.31. The predicted octanol–water partition coefficient (Wildman–Crippen LogP) is 4.62. The lowest BCUT2D eigenvalue weighted by atomic mass is 10.1. The molecule has 104 valence electrons. The Labute approximate surface area is 140 Å². The van der Waals surface area contributed by atoms with E-state index in [4.69, 9.17) is 4.74 Å². The van der Waals surface area contributed by atoms with Crippen molar-refractivity contribution in [3.05, 3.63) is 55.6 Å². The Morgan fingerprint density at radius 3 is 2.65 bits per heavy atom. The number of carbonyl (C=O) groups is 1. The third-order valence-corrected chi connectivity index (χ3v) is 4.24. The Hall–Kier alpha value is -1.08. The molecule has 2 rings (SSSR count). The van der Waals surface area contributed by atoms with Gasteiger partial charge in [-0.25, -0.2) is 0 Å². The predicted molar refractivity (Wildman–Crippen MR) is 92.5 cm³/mol. The third-order valence-electron chi connectivity index (χ3n) is 2.84. The van der Waals surface area contributed by atoms with Crippen LogP contribution in [-0.2, 0) is 0 Å². The first-order chi connectivity index (χ1) is 9.52. The molecule has 0 fully saturated rings. The molecule has 0 atom stereocenters. The summed E-state index contributed by atoms with van der Waals surface area (Å²) >= 11 is 5.57. The largest absolute Gasteiger partial charge is 0.495 e. The van der Waals surface area contributed by atoms with E-state index >= 15 is 0 Å². The molecule has 0 saturated heterocycles. The average molecular weight is 446 g/mol. The van der Waals surface area contributed by atoms with Crippen LogP contribution in [0.15, 0.2) is 40.9 Å². The number of rotatable bonds is 3. The van der Waals surface area contributed by atoms with Gasteiger partial charge >= 0.3 is 0 Å². The van der Waals surface area contributed by atoms with E-state index in [1.54, 1.807) is 13.2 Å². The average Bonchev–Trinajstić information content (AvgIpc) is 2.41. The summed E-state index contributed by atoms with van der Waals surface area (Å²) < 4.78 is 7.16. The fourth-order valence-electron chi connectivity index (χ4n) is 1.86. The van der Waals surface area contributed by atoms with Crippen LogP contribution in [0.5, 0.6) is 5.75 Å². The normalized spacial score (nSPS) is 10.2. The molecule has 0 aliphatic rings. The minimum absolute atomic E-state index is 0.140. The van der Waals surface area contributed by atoms with E-state index in [2.05, 4.69) is 43.8 Å². The van der Waals surface area contributed by atoms with Gasteiger partial charge in [0.15, 0.2) is 0 Å². The summed E-state index contributed by atoms with van der Waals surface area (Å²) in [4.78, 5) is 12.4. The molecule has 0 radical (unpaired) electrons. The maximum atomic E-state index is 12.4. The van der Waals surface area contributed by atoms with E-state index in [0.29, 0.717) is 17.0 Å². The zero-order valence-corrected chi connectivity index (χ0v) is 14.8. The molecule has 0 spiro atoms. The van der Waals surface area contributed by atoms with Gasteiger partial charge in [0.1, 0.15) is 5.75 Å². The highest BCUT2D eigenvalue weighted by Gasteiger charge is 2.14. The molecule has 0 aromatic heterocycles. The Kier molecular flexibility index (Phi) is 5.04. The molecular weight excluding hydrogens is 433 g/mol. The highest BCUT2D eigenvalue weighted by Crippen LogP contribution is 2.32. The third kappa shape index (κ3) is 3.32. The Balaban J connectivity index is 2.35.